The molecule has 4 rings (SSSR count). The molecule has 1 fully saturated rings. The lowest BCUT2D eigenvalue weighted by atomic mass is 10.1. The Morgan fingerprint density at radius 1 is 1.08 bits per heavy atom. The molecule has 1 amide bonds. The molecule has 4 nitrogen and oxygen atoms in total. The summed E-state index contributed by atoms with van der Waals surface area (Å²) in [6, 6.07) is 12.5. The zero-order valence-corrected chi connectivity index (χ0v) is 15.1. The Bertz CT molecular complexity index is 840. The summed E-state index contributed by atoms with van der Waals surface area (Å²) in [6.45, 7) is 4.71. The van der Waals surface area contributed by atoms with Gasteiger partial charge in [-0.15, -0.1) is 11.3 Å². The van der Waals surface area contributed by atoms with E-state index in [2.05, 4.69) is 39.5 Å². The molecule has 3 aromatic rings. The SMILES string of the molecule is O=C(Cc1c[nH]c2ccccc12)N1CCCN(Cc2cccs2)CC1. The van der Waals surface area contributed by atoms with E-state index in [0.29, 0.717) is 6.42 Å². The molecule has 1 N–H and O–H groups in total. The van der Waals surface area contributed by atoms with E-state index in [4.69, 9.17) is 0 Å². The van der Waals surface area contributed by atoms with Gasteiger partial charge < -0.3 is 9.88 Å². The molecule has 1 aromatic carbocycles. The van der Waals surface area contributed by atoms with Crippen molar-refractivity contribution in [3.05, 3.63) is 58.4 Å². The van der Waals surface area contributed by atoms with Gasteiger partial charge in [0.15, 0.2) is 0 Å². The first-order valence-corrected chi connectivity index (χ1v) is 9.75. The van der Waals surface area contributed by atoms with Crippen molar-refractivity contribution in [3.8, 4) is 0 Å². The smallest absolute Gasteiger partial charge is 0.227 e. The largest absolute Gasteiger partial charge is 0.361 e. The van der Waals surface area contributed by atoms with Crippen molar-refractivity contribution >= 4 is 28.1 Å². The third kappa shape index (κ3) is 3.78. The van der Waals surface area contributed by atoms with Crippen molar-refractivity contribution in [2.45, 2.75) is 19.4 Å². The lowest BCUT2D eigenvalue weighted by Gasteiger charge is -2.21. The number of H-pyrrole nitrogens is 1. The maximum atomic E-state index is 12.8. The number of aromatic amines is 1. The molecule has 1 aliphatic rings. The normalized spacial score (nSPS) is 16.2. The molecule has 0 saturated carbocycles. The van der Waals surface area contributed by atoms with Gasteiger partial charge in [-0.2, -0.15) is 0 Å². The number of para-hydroxylation sites is 1. The molecule has 0 unspecified atom stereocenters. The van der Waals surface area contributed by atoms with Crippen molar-refractivity contribution in [3.63, 3.8) is 0 Å². The molecule has 0 bridgehead atoms. The minimum Gasteiger partial charge on any atom is -0.361 e. The lowest BCUT2D eigenvalue weighted by Crippen LogP contribution is -2.35. The monoisotopic (exact) mass is 353 g/mol. The van der Waals surface area contributed by atoms with Gasteiger partial charge in [0, 0.05) is 54.7 Å². The molecule has 25 heavy (non-hydrogen) atoms. The number of fused-ring (bicyclic) bond motifs is 1. The number of hydrogen-bond donors (Lipinski definition) is 1. The van der Waals surface area contributed by atoms with E-state index < -0.39 is 0 Å². The Kier molecular flexibility index (Phi) is 4.85. The highest BCUT2D eigenvalue weighted by atomic mass is 32.1. The van der Waals surface area contributed by atoms with Crippen LogP contribution in [0.2, 0.25) is 0 Å². The van der Waals surface area contributed by atoms with Gasteiger partial charge >= 0.3 is 0 Å². The zero-order valence-electron chi connectivity index (χ0n) is 14.3. The van der Waals surface area contributed by atoms with Crippen LogP contribution >= 0.6 is 11.3 Å². The summed E-state index contributed by atoms with van der Waals surface area (Å²) in [4.78, 5) is 21.9. The van der Waals surface area contributed by atoms with Gasteiger partial charge in [0.05, 0.1) is 6.42 Å². The fraction of sp³-hybridized carbons (Fsp3) is 0.350. The maximum Gasteiger partial charge on any atom is 0.227 e. The molecule has 1 saturated heterocycles. The van der Waals surface area contributed by atoms with Gasteiger partial charge in [-0.3, -0.25) is 9.69 Å². The second kappa shape index (κ2) is 7.42. The average Bonchev–Trinajstić information content (AvgIpc) is 3.21. The third-order valence-electron chi connectivity index (χ3n) is 4.92. The van der Waals surface area contributed by atoms with E-state index in [1.165, 1.54) is 4.88 Å². The van der Waals surface area contributed by atoms with Gasteiger partial charge in [-0.25, -0.2) is 0 Å². The number of nitrogens with zero attached hydrogens (tertiary/aromatic N) is 2. The number of aromatic nitrogens is 1. The van der Waals surface area contributed by atoms with Crippen LogP contribution in [0.3, 0.4) is 0 Å². The summed E-state index contributed by atoms with van der Waals surface area (Å²) >= 11 is 1.81. The number of hydrogen-bond acceptors (Lipinski definition) is 3. The van der Waals surface area contributed by atoms with E-state index in [-0.39, 0.29) is 5.91 Å². The first-order valence-electron chi connectivity index (χ1n) is 8.87. The first-order chi connectivity index (χ1) is 12.3. The van der Waals surface area contributed by atoms with Crippen LogP contribution in [0.15, 0.2) is 48.0 Å². The van der Waals surface area contributed by atoms with Gasteiger partial charge in [-0.05, 0) is 29.5 Å². The summed E-state index contributed by atoms with van der Waals surface area (Å²) < 4.78 is 0. The molecule has 130 valence electrons. The van der Waals surface area contributed by atoms with E-state index in [0.717, 1.165) is 55.6 Å². The van der Waals surface area contributed by atoms with Gasteiger partial charge in [-0.1, -0.05) is 24.3 Å². The quantitative estimate of drug-likeness (QED) is 0.780. The topological polar surface area (TPSA) is 39.3 Å². The lowest BCUT2D eigenvalue weighted by molar-refractivity contribution is -0.130. The predicted molar refractivity (Wildman–Crippen MR) is 103 cm³/mol. The van der Waals surface area contributed by atoms with Gasteiger partial charge in [0.25, 0.3) is 0 Å². The molecule has 0 atom stereocenters. The van der Waals surface area contributed by atoms with Crippen LogP contribution in [-0.4, -0.2) is 46.9 Å². The molecular weight excluding hydrogens is 330 g/mol. The summed E-state index contributed by atoms with van der Waals surface area (Å²) in [6.07, 6.45) is 3.50. The summed E-state index contributed by atoms with van der Waals surface area (Å²) in [5.41, 5.74) is 2.20. The van der Waals surface area contributed by atoms with Crippen molar-refractivity contribution < 1.29 is 4.79 Å². The fourth-order valence-electron chi connectivity index (χ4n) is 3.55. The van der Waals surface area contributed by atoms with Crippen molar-refractivity contribution in [2.24, 2.45) is 0 Å². The highest BCUT2D eigenvalue weighted by Gasteiger charge is 2.20. The summed E-state index contributed by atoms with van der Waals surface area (Å²) in [5.74, 6) is 0.239. The zero-order chi connectivity index (χ0) is 17.1. The van der Waals surface area contributed by atoms with E-state index in [9.17, 15) is 4.79 Å². The third-order valence-corrected chi connectivity index (χ3v) is 5.78. The Morgan fingerprint density at radius 3 is 2.88 bits per heavy atom. The fourth-order valence-corrected chi connectivity index (χ4v) is 4.30. The van der Waals surface area contributed by atoms with E-state index >= 15 is 0 Å². The van der Waals surface area contributed by atoms with Crippen LogP contribution in [0.5, 0.6) is 0 Å². The Morgan fingerprint density at radius 2 is 2.00 bits per heavy atom. The molecule has 1 aliphatic heterocycles. The number of carbonyl (C=O) groups excluding carboxylic acids is 1. The Labute approximate surface area is 152 Å². The van der Waals surface area contributed by atoms with Crippen molar-refractivity contribution in [2.75, 3.05) is 26.2 Å². The molecular formula is C20H23N3OS. The number of carbonyl (C=O) groups is 1. The van der Waals surface area contributed by atoms with Gasteiger partial charge in [0.2, 0.25) is 5.91 Å². The second-order valence-corrected chi connectivity index (χ2v) is 7.66. The summed E-state index contributed by atoms with van der Waals surface area (Å²) in [5, 5.41) is 3.29. The van der Waals surface area contributed by atoms with Crippen molar-refractivity contribution in [1.29, 1.82) is 0 Å². The van der Waals surface area contributed by atoms with Crippen LogP contribution in [0.25, 0.3) is 10.9 Å². The molecule has 0 radical (unpaired) electrons. The first kappa shape index (κ1) is 16.4. The highest BCUT2D eigenvalue weighted by molar-refractivity contribution is 7.09. The second-order valence-electron chi connectivity index (χ2n) is 6.63. The molecule has 2 aromatic heterocycles. The Hall–Kier alpha value is -2.11. The van der Waals surface area contributed by atoms with Crippen LogP contribution in [0.4, 0.5) is 0 Å². The molecule has 5 heteroatoms. The van der Waals surface area contributed by atoms with Crippen LogP contribution in [0.1, 0.15) is 16.9 Å². The number of amides is 1. The number of rotatable bonds is 4. The number of nitrogens with one attached hydrogen (secondary N) is 1. The molecule has 3 heterocycles. The average molecular weight is 353 g/mol. The van der Waals surface area contributed by atoms with Crippen molar-refractivity contribution in [1.82, 2.24) is 14.8 Å². The maximum absolute atomic E-state index is 12.8. The highest BCUT2D eigenvalue weighted by Crippen LogP contribution is 2.19. The molecule has 0 spiro atoms. The number of benzene rings is 1. The number of thiophene rings is 1. The standard InChI is InChI=1S/C20H23N3OS/c24-20(13-16-14-21-19-7-2-1-6-18(16)19)23-9-4-8-22(10-11-23)15-17-5-3-12-25-17/h1-3,5-7,12,14,21H,4,8-11,13,15H2. The van der Waals surface area contributed by atoms with E-state index in [1.54, 1.807) is 0 Å². The predicted octanol–water partition coefficient (Wildman–Crippen LogP) is 3.51. The van der Waals surface area contributed by atoms with Crippen LogP contribution < -0.4 is 0 Å². The van der Waals surface area contributed by atoms with E-state index in [1.807, 2.05) is 34.6 Å². The molecule has 0 aliphatic carbocycles. The van der Waals surface area contributed by atoms with Crippen LogP contribution in [0, 0.1) is 0 Å². The van der Waals surface area contributed by atoms with Crippen LogP contribution in [-0.2, 0) is 17.8 Å². The Balaban J connectivity index is 1.37. The minimum absolute atomic E-state index is 0.239. The van der Waals surface area contributed by atoms with Gasteiger partial charge in [0.1, 0.15) is 0 Å². The summed E-state index contributed by atoms with van der Waals surface area (Å²) in [7, 11) is 0. The minimum atomic E-state index is 0.239.